The fourth-order valence-electron chi connectivity index (χ4n) is 2.61. The maximum absolute atomic E-state index is 12.3. The Balaban J connectivity index is 2.01. The molecular weight excluding hydrogens is 350 g/mol. The van der Waals surface area contributed by atoms with Crippen molar-refractivity contribution in [2.24, 2.45) is 0 Å². The Kier molecular flexibility index (Phi) is 6.88. The molecular formula is C19H25N3O3S. The molecule has 1 aromatic heterocycles. The van der Waals surface area contributed by atoms with Crippen molar-refractivity contribution in [2.75, 3.05) is 18.1 Å². The standard InChI is InChI=1S/C19H25N3O3S/c1-15(2)17-8-4-5-9-18(17)21-19(23)10-12-22(26(3,24)25)14-16-7-6-11-20-13-16/h4-9,11,13,15H,10,12,14H2,1-3H3,(H,21,23). The molecule has 0 radical (unpaired) electrons. The number of hydrogen-bond donors (Lipinski definition) is 1. The lowest BCUT2D eigenvalue weighted by molar-refractivity contribution is -0.116. The Morgan fingerprint density at radius 1 is 1.19 bits per heavy atom. The van der Waals surface area contributed by atoms with Gasteiger partial charge in [-0.25, -0.2) is 8.42 Å². The Labute approximate surface area is 155 Å². The number of hydrogen-bond acceptors (Lipinski definition) is 4. The number of para-hydroxylation sites is 1. The molecule has 0 saturated carbocycles. The molecule has 0 aliphatic carbocycles. The van der Waals surface area contributed by atoms with Crippen LogP contribution in [0.4, 0.5) is 5.69 Å². The fourth-order valence-corrected chi connectivity index (χ4v) is 3.42. The van der Waals surface area contributed by atoms with Crippen molar-refractivity contribution in [2.45, 2.75) is 32.7 Å². The predicted octanol–water partition coefficient (Wildman–Crippen LogP) is 3.00. The number of carbonyl (C=O) groups is 1. The second-order valence-electron chi connectivity index (χ2n) is 6.50. The number of nitrogens with one attached hydrogen (secondary N) is 1. The van der Waals surface area contributed by atoms with Gasteiger partial charge in [-0.15, -0.1) is 0 Å². The van der Waals surface area contributed by atoms with E-state index in [1.807, 2.05) is 30.3 Å². The van der Waals surface area contributed by atoms with Gasteiger partial charge < -0.3 is 5.32 Å². The highest BCUT2D eigenvalue weighted by Gasteiger charge is 2.19. The van der Waals surface area contributed by atoms with Gasteiger partial charge in [0.1, 0.15) is 0 Å². The molecule has 1 aromatic carbocycles. The van der Waals surface area contributed by atoms with Crippen molar-refractivity contribution < 1.29 is 13.2 Å². The van der Waals surface area contributed by atoms with Gasteiger partial charge in [-0.05, 0) is 29.2 Å². The van der Waals surface area contributed by atoms with Gasteiger partial charge in [-0.3, -0.25) is 9.78 Å². The van der Waals surface area contributed by atoms with Gasteiger partial charge in [0, 0.05) is 37.6 Å². The number of anilines is 1. The van der Waals surface area contributed by atoms with E-state index in [1.165, 1.54) is 4.31 Å². The first-order chi connectivity index (χ1) is 12.3. The van der Waals surface area contributed by atoms with Crippen LogP contribution in [0, 0.1) is 0 Å². The van der Waals surface area contributed by atoms with Crippen molar-refractivity contribution in [3.63, 3.8) is 0 Å². The van der Waals surface area contributed by atoms with Gasteiger partial charge in [0.05, 0.1) is 6.26 Å². The maximum atomic E-state index is 12.3. The van der Waals surface area contributed by atoms with E-state index in [9.17, 15) is 13.2 Å². The van der Waals surface area contributed by atoms with Crippen molar-refractivity contribution in [3.8, 4) is 0 Å². The van der Waals surface area contributed by atoms with E-state index in [0.29, 0.717) is 0 Å². The number of benzene rings is 1. The second kappa shape index (κ2) is 8.91. The number of pyridine rings is 1. The van der Waals surface area contributed by atoms with E-state index in [4.69, 9.17) is 0 Å². The molecule has 2 aromatic rings. The van der Waals surface area contributed by atoms with E-state index in [0.717, 1.165) is 23.1 Å². The van der Waals surface area contributed by atoms with Crippen LogP contribution in [-0.4, -0.2) is 36.4 Å². The van der Waals surface area contributed by atoms with Crippen molar-refractivity contribution in [3.05, 3.63) is 59.9 Å². The minimum atomic E-state index is -3.43. The lowest BCUT2D eigenvalue weighted by Gasteiger charge is -2.20. The van der Waals surface area contributed by atoms with Crippen molar-refractivity contribution >= 4 is 21.6 Å². The molecule has 7 heteroatoms. The summed E-state index contributed by atoms with van der Waals surface area (Å²) < 4.78 is 25.3. The van der Waals surface area contributed by atoms with Crippen LogP contribution in [0.15, 0.2) is 48.8 Å². The molecule has 6 nitrogen and oxygen atoms in total. The minimum Gasteiger partial charge on any atom is -0.326 e. The normalized spacial score (nSPS) is 11.7. The van der Waals surface area contributed by atoms with Crippen molar-refractivity contribution in [1.29, 1.82) is 0 Å². The second-order valence-corrected chi connectivity index (χ2v) is 8.48. The molecule has 0 aliphatic rings. The molecule has 0 fully saturated rings. The minimum absolute atomic E-state index is 0.0831. The van der Waals surface area contributed by atoms with E-state index in [1.54, 1.807) is 18.5 Å². The summed E-state index contributed by atoms with van der Waals surface area (Å²) in [6, 6.07) is 11.2. The Morgan fingerprint density at radius 3 is 2.54 bits per heavy atom. The van der Waals surface area contributed by atoms with Gasteiger partial charge in [-0.1, -0.05) is 38.1 Å². The zero-order chi connectivity index (χ0) is 19.2. The third-order valence-corrected chi connectivity index (χ3v) is 5.25. The SMILES string of the molecule is CC(C)c1ccccc1NC(=O)CCN(Cc1cccnc1)S(C)(=O)=O. The van der Waals surface area contributed by atoms with Gasteiger partial charge in [0.25, 0.3) is 0 Å². The molecule has 0 bridgehead atoms. The Bertz CT molecular complexity index is 836. The number of carbonyl (C=O) groups excluding carboxylic acids is 1. The molecule has 0 saturated heterocycles. The van der Waals surface area contributed by atoms with Crippen LogP contribution < -0.4 is 5.32 Å². The summed E-state index contributed by atoms with van der Waals surface area (Å²) in [5.41, 5.74) is 2.60. The predicted molar refractivity (Wildman–Crippen MR) is 103 cm³/mol. The van der Waals surface area contributed by atoms with Crippen LogP contribution >= 0.6 is 0 Å². The summed E-state index contributed by atoms with van der Waals surface area (Å²) in [5, 5.41) is 2.89. The largest absolute Gasteiger partial charge is 0.326 e. The van der Waals surface area contributed by atoms with E-state index >= 15 is 0 Å². The van der Waals surface area contributed by atoms with Crippen LogP contribution in [0.25, 0.3) is 0 Å². The fraction of sp³-hybridized carbons (Fsp3) is 0.368. The molecule has 1 heterocycles. The molecule has 26 heavy (non-hydrogen) atoms. The number of nitrogens with zero attached hydrogens (tertiary/aromatic N) is 2. The van der Waals surface area contributed by atoms with E-state index in [2.05, 4.69) is 24.1 Å². The quantitative estimate of drug-likeness (QED) is 0.769. The summed E-state index contributed by atoms with van der Waals surface area (Å²) in [4.78, 5) is 16.3. The lowest BCUT2D eigenvalue weighted by Crippen LogP contribution is -2.32. The smallest absolute Gasteiger partial charge is 0.225 e. The molecule has 1 amide bonds. The zero-order valence-corrected chi connectivity index (χ0v) is 16.2. The third-order valence-electron chi connectivity index (χ3n) is 4.00. The molecule has 1 N–H and O–H groups in total. The highest BCUT2D eigenvalue weighted by molar-refractivity contribution is 7.88. The van der Waals surface area contributed by atoms with E-state index < -0.39 is 10.0 Å². The summed E-state index contributed by atoms with van der Waals surface area (Å²) >= 11 is 0. The molecule has 2 rings (SSSR count). The molecule has 0 unspecified atom stereocenters. The van der Waals surface area contributed by atoms with Crippen LogP contribution in [0.5, 0.6) is 0 Å². The first kappa shape index (κ1) is 20.1. The van der Waals surface area contributed by atoms with Gasteiger partial charge >= 0.3 is 0 Å². The first-order valence-corrected chi connectivity index (χ1v) is 10.3. The van der Waals surface area contributed by atoms with Gasteiger partial charge in [0.2, 0.25) is 15.9 Å². The number of sulfonamides is 1. The molecule has 140 valence electrons. The summed E-state index contributed by atoms with van der Waals surface area (Å²) in [7, 11) is -3.43. The Hall–Kier alpha value is -2.25. The van der Waals surface area contributed by atoms with Crippen LogP contribution in [0.1, 0.15) is 37.3 Å². The monoisotopic (exact) mass is 375 g/mol. The van der Waals surface area contributed by atoms with Crippen LogP contribution in [0.2, 0.25) is 0 Å². The van der Waals surface area contributed by atoms with Crippen LogP contribution in [-0.2, 0) is 21.4 Å². The number of rotatable bonds is 8. The zero-order valence-electron chi connectivity index (χ0n) is 15.3. The topological polar surface area (TPSA) is 79.4 Å². The molecule has 0 spiro atoms. The highest BCUT2D eigenvalue weighted by Crippen LogP contribution is 2.23. The first-order valence-electron chi connectivity index (χ1n) is 8.50. The van der Waals surface area contributed by atoms with Gasteiger partial charge in [-0.2, -0.15) is 4.31 Å². The van der Waals surface area contributed by atoms with E-state index in [-0.39, 0.29) is 31.3 Å². The maximum Gasteiger partial charge on any atom is 0.225 e. The highest BCUT2D eigenvalue weighted by atomic mass is 32.2. The van der Waals surface area contributed by atoms with Crippen molar-refractivity contribution in [1.82, 2.24) is 9.29 Å². The number of amides is 1. The number of aromatic nitrogens is 1. The summed E-state index contributed by atoms with van der Waals surface area (Å²) in [5.74, 6) is 0.0718. The van der Waals surface area contributed by atoms with Gasteiger partial charge in [0.15, 0.2) is 0 Å². The third kappa shape index (κ3) is 5.93. The summed E-state index contributed by atoms with van der Waals surface area (Å²) in [6.07, 6.45) is 4.49. The Morgan fingerprint density at radius 2 is 1.92 bits per heavy atom. The molecule has 0 aliphatic heterocycles. The molecule has 0 atom stereocenters. The lowest BCUT2D eigenvalue weighted by atomic mass is 10.0. The summed E-state index contributed by atoms with van der Waals surface area (Å²) in [6.45, 7) is 4.43. The van der Waals surface area contributed by atoms with Crippen LogP contribution in [0.3, 0.4) is 0 Å². The average molecular weight is 375 g/mol. The average Bonchev–Trinajstić information content (AvgIpc) is 2.58.